The largest absolute Gasteiger partial charge is 0.508 e. The van der Waals surface area contributed by atoms with E-state index >= 15 is 0 Å². The molecule has 2 saturated heterocycles. The number of ether oxygens (including phenoxy) is 1. The van der Waals surface area contributed by atoms with E-state index in [1.54, 1.807) is 18.2 Å². The molecule has 3 heterocycles. The number of unbranched alkanes of at least 4 members (excludes halogenated alkanes) is 1. The highest BCUT2D eigenvalue weighted by atomic mass is 16.5. The number of rotatable bonds is 7. The predicted octanol–water partition coefficient (Wildman–Crippen LogP) is 3.47. The van der Waals surface area contributed by atoms with Crippen molar-refractivity contribution in [2.24, 2.45) is 0 Å². The van der Waals surface area contributed by atoms with E-state index < -0.39 is 0 Å². The van der Waals surface area contributed by atoms with Crippen LogP contribution in [0.1, 0.15) is 69.4 Å². The minimum atomic E-state index is -0.126. The van der Waals surface area contributed by atoms with Crippen LogP contribution in [0.4, 0.5) is 0 Å². The molecule has 4 rings (SSSR count). The summed E-state index contributed by atoms with van der Waals surface area (Å²) in [5, 5.41) is 18.6. The number of hydrogen-bond acceptors (Lipinski definition) is 5. The monoisotopic (exact) mass is 414 g/mol. The number of aromatic nitrogens is 2. The first-order chi connectivity index (χ1) is 14.5. The van der Waals surface area contributed by atoms with Crippen LogP contribution in [0.2, 0.25) is 0 Å². The topological polar surface area (TPSA) is 79.6 Å². The number of phenols is 1. The van der Waals surface area contributed by atoms with Crippen LogP contribution in [-0.4, -0.2) is 63.6 Å². The maximum atomic E-state index is 13.2. The first-order valence-electron chi connectivity index (χ1n) is 11.4. The molecule has 0 aliphatic carbocycles. The van der Waals surface area contributed by atoms with E-state index in [-0.39, 0.29) is 23.7 Å². The van der Waals surface area contributed by atoms with Crippen molar-refractivity contribution < 1.29 is 14.6 Å². The Bertz CT molecular complexity index is 882. The number of phenolic OH excluding ortho intramolecular Hbond substituents is 1. The highest BCUT2D eigenvalue weighted by molar-refractivity contribution is 6.05. The Morgan fingerprint density at radius 3 is 2.70 bits per heavy atom. The summed E-state index contributed by atoms with van der Waals surface area (Å²) in [7, 11) is 0. The molecule has 3 atom stereocenters. The zero-order valence-corrected chi connectivity index (χ0v) is 18.3. The van der Waals surface area contributed by atoms with Gasteiger partial charge in [0, 0.05) is 35.6 Å². The molecule has 7 nitrogen and oxygen atoms in total. The number of nitrogens with one attached hydrogen (secondary N) is 1. The number of nitrogens with zero attached hydrogens (tertiary/aromatic N) is 3. The summed E-state index contributed by atoms with van der Waals surface area (Å²) in [5.41, 5.74) is 1.24. The summed E-state index contributed by atoms with van der Waals surface area (Å²) in [5.74, 6) is 0.0601. The summed E-state index contributed by atoms with van der Waals surface area (Å²) in [4.78, 5) is 15.8. The zero-order chi connectivity index (χ0) is 21.3. The molecule has 3 unspecified atom stereocenters. The average Bonchev–Trinajstić information content (AvgIpc) is 3.10. The Morgan fingerprint density at radius 1 is 1.30 bits per heavy atom. The maximum Gasteiger partial charge on any atom is 0.272 e. The van der Waals surface area contributed by atoms with Crippen molar-refractivity contribution >= 4 is 16.8 Å². The lowest BCUT2D eigenvalue weighted by Crippen LogP contribution is -2.60. The number of piperidine rings is 1. The smallest absolute Gasteiger partial charge is 0.272 e. The van der Waals surface area contributed by atoms with Crippen LogP contribution in [0, 0.1) is 0 Å². The molecular formula is C23H34N4O3. The normalized spacial score (nSPS) is 25.4. The van der Waals surface area contributed by atoms with Crippen molar-refractivity contribution in [3.05, 3.63) is 23.9 Å². The summed E-state index contributed by atoms with van der Waals surface area (Å²) < 4.78 is 7.66. The molecule has 0 saturated carbocycles. The number of amides is 1. The van der Waals surface area contributed by atoms with Crippen molar-refractivity contribution in [1.29, 1.82) is 0 Å². The molecule has 2 bridgehead atoms. The van der Waals surface area contributed by atoms with E-state index in [0.717, 1.165) is 49.9 Å². The molecule has 2 aliphatic rings. The van der Waals surface area contributed by atoms with Gasteiger partial charge in [-0.2, -0.15) is 5.10 Å². The second kappa shape index (κ2) is 8.94. The highest BCUT2D eigenvalue weighted by Crippen LogP contribution is 2.30. The fraction of sp³-hybridized carbons (Fsp3) is 0.652. The Balaban J connectivity index is 1.53. The standard InChI is InChI=1S/C23H34N4O3/c1-4-6-9-26-17-10-16(11-18(26)14-30-13-17)24-23(29)22-20-8-7-19(28)12-21(20)27(25-22)15(3)5-2/h7-8,12,15-18,28H,4-6,9-11,13-14H2,1-3H3,(H,24,29). The first kappa shape index (κ1) is 21.1. The molecule has 2 aliphatic heterocycles. The lowest BCUT2D eigenvalue weighted by molar-refractivity contribution is -0.0802. The molecule has 30 heavy (non-hydrogen) atoms. The number of carbonyl (C=O) groups excluding carboxylic acids is 1. The Kier molecular flexibility index (Phi) is 6.29. The van der Waals surface area contributed by atoms with Gasteiger partial charge in [0.05, 0.1) is 18.7 Å². The van der Waals surface area contributed by atoms with Crippen LogP contribution in [0.25, 0.3) is 10.9 Å². The average molecular weight is 415 g/mol. The van der Waals surface area contributed by atoms with Crippen molar-refractivity contribution in [3.8, 4) is 5.75 Å². The second-order valence-corrected chi connectivity index (χ2v) is 8.83. The Morgan fingerprint density at radius 2 is 2.03 bits per heavy atom. The third-order valence-electron chi connectivity index (χ3n) is 6.69. The van der Waals surface area contributed by atoms with Gasteiger partial charge in [-0.05, 0) is 51.3 Å². The third kappa shape index (κ3) is 4.05. The Labute approximate surface area is 178 Å². The van der Waals surface area contributed by atoms with Gasteiger partial charge in [-0.3, -0.25) is 14.4 Å². The number of fused-ring (bicyclic) bond motifs is 3. The molecule has 1 aromatic heterocycles. The van der Waals surface area contributed by atoms with Crippen LogP contribution >= 0.6 is 0 Å². The van der Waals surface area contributed by atoms with Gasteiger partial charge < -0.3 is 15.2 Å². The van der Waals surface area contributed by atoms with Gasteiger partial charge in [0.15, 0.2) is 5.69 Å². The van der Waals surface area contributed by atoms with Crippen LogP contribution in [0.3, 0.4) is 0 Å². The number of morpholine rings is 1. The molecule has 1 aromatic carbocycles. The molecular weight excluding hydrogens is 380 g/mol. The Hall–Kier alpha value is -2.12. The molecule has 7 heteroatoms. The van der Waals surface area contributed by atoms with Crippen LogP contribution in [-0.2, 0) is 4.74 Å². The maximum absolute atomic E-state index is 13.2. The SMILES string of the molecule is CCCCN1C2COCC1CC(NC(=O)c1nn(C(C)CC)c3cc(O)ccc13)C2. The van der Waals surface area contributed by atoms with Crippen LogP contribution < -0.4 is 5.32 Å². The highest BCUT2D eigenvalue weighted by Gasteiger charge is 2.39. The second-order valence-electron chi connectivity index (χ2n) is 8.83. The zero-order valence-electron chi connectivity index (χ0n) is 18.3. The van der Waals surface area contributed by atoms with Gasteiger partial charge in [-0.25, -0.2) is 0 Å². The molecule has 2 N–H and O–H groups in total. The molecule has 2 fully saturated rings. The van der Waals surface area contributed by atoms with Crippen LogP contribution in [0.15, 0.2) is 18.2 Å². The van der Waals surface area contributed by atoms with E-state index in [2.05, 4.69) is 36.1 Å². The molecule has 2 aromatic rings. The van der Waals surface area contributed by atoms with E-state index in [4.69, 9.17) is 4.74 Å². The molecule has 164 valence electrons. The number of benzene rings is 1. The fourth-order valence-electron chi connectivity index (χ4n) is 4.87. The van der Waals surface area contributed by atoms with E-state index in [1.165, 1.54) is 12.8 Å². The summed E-state index contributed by atoms with van der Waals surface area (Å²) in [6.45, 7) is 9.00. The number of aromatic hydroxyl groups is 1. The van der Waals surface area contributed by atoms with Crippen molar-refractivity contribution in [3.63, 3.8) is 0 Å². The lowest BCUT2D eigenvalue weighted by Gasteiger charge is -2.48. The molecule has 0 radical (unpaired) electrons. The van der Waals surface area contributed by atoms with Crippen LogP contribution in [0.5, 0.6) is 5.75 Å². The number of hydrogen-bond donors (Lipinski definition) is 2. The van der Waals surface area contributed by atoms with Gasteiger partial charge >= 0.3 is 0 Å². The van der Waals surface area contributed by atoms with Gasteiger partial charge in [0.25, 0.3) is 5.91 Å². The van der Waals surface area contributed by atoms with E-state index in [1.807, 2.05) is 4.68 Å². The van der Waals surface area contributed by atoms with Gasteiger partial charge in [-0.1, -0.05) is 20.3 Å². The third-order valence-corrected chi connectivity index (χ3v) is 6.69. The van der Waals surface area contributed by atoms with Gasteiger partial charge in [0.2, 0.25) is 0 Å². The van der Waals surface area contributed by atoms with Gasteiger partial charge in [0.1, 0.15) is 5.75 Å². The lowest BCUT2D eigenvalue weighted by atomic mass is 9.89. The number of carbonyl (C=O) groups is 1. The summed E-state index contributed by atoms with van der Waals surface area (Å²) in [6, 6.07) is 6.14. The minimum Gasteiger partial charge on any atom is -0.508 e. The van der Waals surface area contributed by atoms with E-state index in [0.29, 0.717) is 17.8 Å². The quantitative estimate of drug-likeness (QED) is 0.725. The van der Waals surface area contributed by atoms with Crippen molar-refractivity contribution in [2.45, 2.75) is 77.0 Å². The fourth-order valence-corrected chi connectivity index (χ4v) is 4.87. The van der Waals surface area contributed by atoms with Gasteiger partial charge in [-0.15, -0.1) is 0 Å². The molecule has 1 amide bonds. The summed E-state index contributed by atoms with van der Waals surface area (Å²) >= 11 is 0. The first-order valence-corrected chi connectivity index (χ1v) is 11.4. The predicted molar refractivity (Wildman–Crippen MR) is 117 cm³/mol. The molecule has 0 spiro atoms. The van der Waals surface area contributed by atoms with Crippen molar-refractivity contribution in [1.82, 2.24) is 20.0 Å². The van der Waals surface area contributed by atoms with Crippen molar-refractivity contribution in [2.75, 3.05) is 19.8 Å². The minimum absolute atomic E-state index is 0.126. The van der Waals surface area contributed by atoms with E-state index in [9.17, 15) is 9.90 Å². The summed E-state index contributed by atoms with van der Waals surface area (Å²) in [6.07, 6.45) is 5.12.